The van der Waals surface area contributed by atoms with Crippen LogP contribution >= 0.6 is 23.2 Å². The minimum atomic E-state index is -0.339. The third kappa shape index (κ3) is 3.82. The van der Waals surface area contributed by atoms with Gasteiger partial charge in [0.05, 0.1) is 23.6 Å². The average Bonchev–Trinajstić information content (AvgIpc) is 3.32. The first-order valence-electron chi connectivity index (χ1n) is 10.2. The van der Waals surface area contributed by atoms with E-state index in [-0.39, 0.29) is 24.6 Å². The molecular weight excluding hydrogens is 439 g/mol. The van der Waals surface area contributed by atoms with Crippen molar-refractivity contribution in [1.29, 1.82) is 0 Å². The van der Waals surface area contributed by atoms with Gasteiger partial charge in [0.2, 0.25) is 5.88 Å². The Morgan fingerprint density at radius 1 is 1.39 bits per heavy atom. The van der Waals surface area contributed by atoms with Gasteiger partial charge in [0, 0.05) is 52.7 Å². The first-order valence-corrected chi connectivity index (χ1v) is 10.9. The van der Waals surface area contributed by atoms with E-state index < -0.39 is 0 Å². The second-order valence-corrected chi connectivity index (χ2v) is 8.43. The van der Waals surface area contributed by atoms with Crippen LogP contribution in [0.4, 0.5) is 4.79 Å². The van der Waals surface area contributed by atoms with Gasteiger partial charge < -0.3 is 25.0 Å². The number of pyridine rings is 1. The molecule has 1 atom stereocenters. The Hall–Kier alpha value is -2.48. The molecule has 3 N–H and O–H groups in total. The number of amides is 1. The molecule has 1 unspecified atom stereocenters. The molecule has 7 nitrogen and oxygen atoms in total. The van der Waals surface area contributed by atoms with Crippen molar-refractivity contribution in [3.05, 3.63) is 45.7 Å². The number of likely N-dealkylation sites (tertiary alicyclic amines) is 1. The van der Waals surface area contributed by atoms with Crippen molar-refractivity contribution < 1.29 is 14.6 Å². The second-order valence-electron chi connectivity index (χ2n) is 7.59. The zero-order valence-electron chi connectivity index (χ0n) is 17.4. The number of aromatic nitrogens is 2. The van der Waals surface area contributed by atoms with Crippen molar-refractivity contribution in [2.75, 3.05) is 19.7 Å². The van der Waals surface area contributed by atoms with Crippen LogP contribution in [0.25, 0.3) is 22.0 Å². The lowest BCUT2D eigenvalue weighted by molar-refractivity contribution is 0.114. The molecule has 0 spiro atoms. The Balaban J connectivity index is 1.85. The fraction of sp³-hybridized carbons (Fsp3) is 0.364. The topological polar surface area (TPSA) is 93.6 Å². The molecule has 0 radical (unpaired) electrons. The van der Waals surface area contributed by atoms with E-state index in [9.17, 15) is 9.90 Å². The van der Waals surface area contributed by atoms with Gasteiger partial charge in [-0.05, 0) is 38.0 Å². The van der Waals surface area contributed by atoms with Crippen LogP contribution in [-0.2, 0) is 11.3 Å². The Bertz CT molecular complexity index is 1160. The maximum Gasteiger partial charge on any atom is 0.409 e. The highest BCUT2D eigenvalue weighted by Gasteiger charge is 2.31. The number of nitrogens with two attached hydrogens (primary N) is 1. The van der Waals surface area contributed by atoms with Crippen LogP contribution in [0.15, 0.2) is 24.4 Å². The average molecular weight is 463 g/mol. The molecule has 1 saturated heterocycles. The smallest absolute Gasteiger partial charge is 0.409 e. The zero-order chi connectivity index (χ0) is 22.3. The number of halogens is 2. The lowest BCUT2D eigenvalue weighted by atomic mass is 9.95. The van der Waals surface area contributed by atoms with Gasteiger partial charge in [-0.1, -0.05) is 29.3 Å². The normalized spacial score (nSPS) is 16.3. The van der Waals surface area contributed by atoms with Crippen LogP contribution in [0.2, 0.25) is 10.0 Å². The highest BCUT2D eigenvalue weighted by atomic mass is 35.5. The van der Waals surface area contributed by atoms with Gasteiger partial charge >= 0.3 is 6.09 Å². The van der Waals surface area contributed by atoms with E-state index in [0.717, 1.165) is 22.4 Å². The number of carbonyl (C=O) groups is 1. The number of carbonyl (C=O) groups excluding carboxylic acids is 1. The first-order chi connectivity index (χ1) is 14.8. The van der Waals surface area contributed by atoms with Gasteiger partial charge in [0.15, 0.2) is 0 Å². The number of aryl methyl sites for hydroxylation is 1. The number of rotatable bonds is 4. The van der Waals surface area contributed by atoms with Gasteiger partial charge in [-0.2, -0.15) is 0 Å². The summed E-state index contributed by atoms with van der Waals surface area (Å²) in [4.78, 5) is 18.4. The molecule has 2 aromatic heterocycles. The molecule has 1 fully saturated rings. The molecule has 1 amide bonds. The molecule has 164 valence electrons. The fourth-order valence-corrected chi connectivity index (χ4v) is 4.78. The van der Waals surface area contributed by atoms with Crippen molar-refractivity contribution in [2.45, 2.75) is 32.9 Å². The van der Waals surface area contributed by atoms with Crippen LogP contribution in [0.1, 0.15) is 30.6 Å². The van der Waals surface area contributed by atoms with Crippen molar-refractivity contribution in [2.24, 2.45) is 5.73 Å². The van der Waals surface area contributed by atoms with Crippen molar-refractivity contribution >= 4 is 40.2 Å². The fourth-order valence-electron chi connectivity index (χ4n) is 4.27. The summed E-state index contributed by atoms with van der Waals surface area (Å²) in [6.07, 6.45) is 2.19. The van der Waals surface area contributed by atoms with Crippen molar-refractivity contribution in [3.63, 3.8) is 0 Å². The molecule has 1 aliphatic rings. The Kier molecular flexibility index (Phi) is 6.01. The highest BCUT2D eigenvalue weighted by molar-refractivity contribution is 6.36. The second kappa shape index (κ2) is 8.57. The molecule has 31 heavy (non-hydrogen) atoms. The third-order valence-electron chi connectivity index (χ3n) is 5.75. The number of benzene rings is 1. The van der Waals surface area contributed by atoms with Gasteiger partial charge in [-0.3, -0.25) is 4.98 Å². The Labute approximate surface area is 190 Å². The van der Waals surface area contributed by atoms with Crippen LogP contribution in [-0.4, -0.2) is 45.3 Å². The Morgan fingerprint density at radius 2 is 2.16 bits per heavy atom. The van der Waals surface area contributed by atoms with E-state index in [0.29, 0.717) is 47.1 Å². The Morgan fingerprint density at radius 3 is 2.84 bits per heavy atom. The van der Waals surface area contributed by atoms with Crippen LogP contribution in [0, 0.1) is 6.92 Å². The molecule has 9 heteroatoms. The molecule has 0 bridgehead atoms. The maximum absolute atomic E-state index is 12.1. The van der Waals surface area contributed by atoms with E-state index in [4.69, 9.17) is 33.7 Å². The third-order valence-corrected chi connectivity index (χ3v) is 6.30. The summed E-state index contributed by atoms with van der Waals surface area (Å²) in [6.45, 7) is 5.26. The minimum absolute atomic E-state index is 0.0777. The summed E-state index contributed by atoms with van der Waals surface area (Å²) in [5.74, 6) is 0.0777. The quantitative estimate of drug-likeness (QED) is 0.575. The molecule has 0 saturated carbocycles. The summed E-state index contributed by atoms with van der Waals surface area (Å²) in [5.41, 5.74) is 9.77. The summed E-state index contributed by atoms with van der Waals surface area (Å²) < 4.78 is 6.89. The molecule has 4 rings (SSSR count). The largest absolute Gasteiger partial charge is 0.494 e. The van der Waals surface area contributed by atoms with Gasteiger partial charge in [0.1, 0.15) is 0 Å². The number of ether oxygens (including phenoxy) is 1. The van der Waals surface area contributed by atoms with Crippen LogP contribution in [0.3, 0.4) is 0 Å². The van der Waals surface area contributed by atoms with Gasteiger partial charge in [-0.25, -0.2) is 4.79 Å². The molecule has 3 heterocycles. The van der Waals surface area contributed by atoms with E-state index in [1.807, 2.05) is 19.2 Å². The van der Waals surface area contributed by atoms with Gasteiger partial charge in [0.25, 0.3) is 0 Å². The minimum Gasteiger partial charge on any atom is -0.494 e. The van der Waals surface area contributed by atoms with E-state index in [1.165, 1.54) is 0 Å². The monoisotopic (exact) mass is 462 g/mol. The zero-order valence-corrected chi connectivity index (χ0v) is 18.9. The number of fused-ring (bicyclic) bond motifs is 1. The first kappa shape index (κ1) is 21.7. The van der Waals surface area contributed by atoms with Crippen molar-refractivity contribution in [3.8, 4) is 17.0 Å². The maximum atomic E-state index is 12.1. The van der Waals surface area contributed by atoms with Gasteiger partial charge in [-0.15, -0.1) is 0 Å². The molecule has 3 aromatic rings. The van der Waals surface area contributed by atoms with Crippen molar-refractivity contribution in [1.82, 2.24) is 14.5 Å². The predicted octanol–water partition coefficient (Wildman–Crippen LogP) is 4.89. The standard InChI is InChI=1S/C22H24Cl2N4O3/c1-3-31-22(30)27-7-6-14(10-27)28-11-18-20(21(28)29)19(16(9-25)12(2)26-18)15-5-4-13(23)8-17(15)24/h4-5,8,11,14,29H,3,6-7,9-10,25H2,1-2H3. The summed E-state index contributed by atoms with van der Waals surface area (Å²) in [5, 5.41) is 12.8. The number of nitrogens with zero attached hydrogens (tertiary/aromatic N) is 3. The lowest BCUT2D eigenvalue weighted by Gasteiger charge is -2.17. The highest BCUT2D eigenvalue weighted by Crippen LogP contribution is 2.43. The summed E-state index contributed by atoms with van der Waals surface area (Å²) in [6, 6.07) is 5.16. The van der Waals surface area contributed by atoms with E-state index >= 15 is 0 Å². The predicted molar refractivity (Wildman–Crippen MR) is 122 cm³/mol. The van der Waals surface area contributed by atoms with E-state index in [1.54, 1.807) is 28.5 Å². The summed E-state index contributed by atoms with van der Waals surface area (Å²) >= 11 is 12.6. The van der Waals surface area contributed by atoms with Crippen LogP contribution in [0.5, 0.6) is 5.88 Å². The molecule has 0 aliphatic carbocycles. The number of hydrogen-bond acceptors (Lipinski definition) is 5. The number of aromatic hydroxyl groups is 1. The summed E-state index contributed by atoms with van der Waals surface area (Å²) in [7, 11) is 0. The molecule has 1 aliphatic heterocycles. The van der Waals surface area contributed by atoms with E-state index in [2.05, 4.69) is 4.98 Å². The molecule has 1 aromatic carbocycles. The number of hydrogen-bond donors (Lipinski definition) is 2. The lowest BCUT2D eigenvalue weighted by Crippen LogP contribution is -2.29. The molecular formula is C22H24Cl2N4O3. The SMILES string of the molecule is CCOC(=O)N1CCC(n2cc3nc(C)c(CN)c(-c4ccc(Cl)cc4Cl)c3c2O)C1. The van der Waals surface area contributed by atoms with Crippen LogP contribution < -0.4 is 5.73 Å².